The van der Waals surface area contributed by atoms with E-state index in [1.807, 2.05) is 12.5 Å². The molecule has 2 aromatic heterocycles. The van der Waals surface area contributed by atoms with Crippen LogP contribution in [0, 0.1) is 11.3 Å². The molecule has 3 nitrogen and oxygen atoms in total. The minimum Gasteiger partial charge on any atom is -0.468 e. The van der Waals surface area contributed by atoms with E-state index in [1.54, 1.807) is 0 Å². The van der Waals surface area contributed by atoms with Crippen molar-refractivity contribution in [3.05, 3.63) is 59.2 Å². The molecule has 1 aromatic carbocycles. The minimum absolute atomic E-state index is 0.0667. The molecule has 0 saturated carbocycles. The van der Waals surface area contributed by atoms with Crippen molar-refractivity contribution < 1.29 is 9.15 Å². The molecule has 30 heavy (non-hydrogen) atoms. The van der Waals surface area contributed by atoms with E-state index < -0.39 is 0 Å². The summed E-state index contributed by atoms with van der Waals surface area (Å²) in [4.78, 5) is 3.46. The molecule has 0 bridgehead atoms. The molecular weight excluding hydrogens is 370 g/mol. The zero-order chi connectivity index (χ0) is 21.5. The van der Waals surface area contributed by atoms with E-state index in [9.17, 15) is 0 Å². The second-order valence-electron chi connectivity index (χ2n) is 10.8. The molecule has 1 saturated heterocycles. The first-order chi connectivity index (χ1) is 14.2. The molecule has 3 aromatic rings. The van der Waals surface area contributed by atoms with Crippen molar-refractivity contribution >= 4 is 10.9 Å². The maximum Gasteiger partial charge on any atom is 0.109 e. The molecule has 1 N–H and O–H groups in total. The zero-order valence-corrected chi connectivity index (χ0v) is 19.5. The maximum absolute atomic E-state index is 6.14. The average molecular weight is 408 g/mol. The van der Waals surface area contributed by atoms with Crippen LogP contribution < -0.4 is 0 Å². The van der Waals surface area contributed by atoms with Gasteiger partial charge in [-0.25, -0.2) is 0 Å². The van der Waals surface area contributed by atoms with Crippen molar-refractivity contribution in [1.82, 2.24) is 4.98 Å². The van der Waals surface area contributed by atoms with E-state index in [0.717, 1.165) is 31.8 Å². The van der Waals surface area contributed by atoms with Crippen LogP contribution in [0.1, 0.15) is 76.3 Å². The highest BCUT2D eigenvalue weighted by molar-refractivity contribution is 5.84. The molecule has 1 atom stereocenters. The predicted molar refractivity (Wildman–Crippen MR) is 124 cm³/mol. The molecule has 4 rings (SSSR count). The fourth-order valence-electron chi connectivity index (χ4n) is 5.22. The van der Waals surface area contributed by atoms with Crippen LogP contribution in [0.15, 0.2) is 41.1 Å². The molecule has 1 aliphatic heterocycles. The summed E-state index contributed by atoms with van der Waals surface area (Å²) >= 11 is 0. The smallest absolute Gasteiger partial charge is 0.109 e. The first kappa shape index (κ1) is 21.2. The van der Waals surface area contributed by atoms with Gasteiger partial charge in [-0.05, 0) is 70.7 Å². The summed E-state index contributed by atoms with van der Waals surface area (Å²) in [7, 11) is 0. The Balaban J connectivity index is 1.56. The van der Waals surface area contributed by atoms with Crippen molar-refractivity contribution in [3.63, 3.8) is 0 Å². The van der Waals surface area contributed by atoms with Crippen LogP contribution in [-0.4, -0.2) is 18.2 Å². The summed E-state index contributed by atoms with van der Waals surface area (Å²) in [6, 6.07) is 9.00. The van der Waals surface area contributed by atoms with Gasteiger partial charge in [0.2, 0.25) is 0 Å². The molecule has 0 amide bonds. The van der Waals surface area contributed by atoms with Gasteiger partial charge in [-0.2, -0.15) is 0 Å². The number of hydrogen-bond acceptors (Lipinski definition) is 2. The first-order valence-corrected chi connectivity index (χ1v) is 11.4. The van der Waals surface area contributed by atoms with Gasteiger partial charge in [-0.15, -0.1) is 0 Å². The van der Waals surface area contributed by atoms with Gasteiger partial charge in [0.05, 0.1) is 6.26 Å². The Labute approximate surface area is 181 Å². The van der Waals surface area contributed by atoms with Crippen LogP contribution in [0.25, 0.3) is 10.9 Å². The van der Waals surface area contributed by atoms with Gasteiger partial charge in [0.15, 0.2) is 0 Å². The number of H-pyrrole nitrogens is 1. The van der Waals surface area contributed by atoms with Crippen LogP contribution in [0.3, 0.4) is 0 Å². The third kappa shape index (κ3) is 4.09. The highest BCUT2D eigenvalue weighted by atomic mass is 16.5. The fourth-order valence-corrected chi connectivity index (χ4v) is 5.22. The summed E-state index contributed by atoms with van der Waals surface area (Å²) in [5.74, 6) is 2.18. The van der Waals surface area contributed by atoms with Crippen LogP contribution in [0.4, 0.5) is 0 Å². The van der Waals surface area contributed by atoms with E-state index in [4.69, 9.17) is 9.15 Å². The molecule has 0 spiro atoms. The number of ether oxygens (including phenoxy) is 1. The summed E-state index contributed by atoms with van der Waals surface area (Å²) in [6.07, 6.45) is 7.19. The van der Waals surface area contributed by atoms with E-state index in [0.29, 0.717) is 11.8 Å². The van der Waals surface area contributed by atoms with Gasteiger partial charge in [0.1, 0.15) is 5.76 Å². The van der Waals surface area contributed by atoms with Crippen molar-refractivity contribution in [1.29, 1.82) is 0 Å². The Bertz CT molecular complexity index is 999. The minimum atomic E-state index is -0.0667. The van der Waals surface area contributed by atoms with Crippen molar-refractivity contribution in [3.8, 4) is 0 Å². The van der Waals surface area contributed by atoms with Gasteiger partial charge < -0.3 is 14.1 Å². The van der Waals surface area contributed by atoms with E-state index in [2.05, 4.69) is 70.8 Å². The van der Waals surface area contributed by atoms with Crippen molar-refractivity contribution in [2.75, 3.05) is 13.2 Å². The van der Waals surface area contributed by atoms with Crippen LogP contribution in [-0.2, 0) is 23.0 Å². The number of hydrogen-bond donors (Lipinski definition) is 1. The van der Waals surface area contributed by atoms with Gasteiger partial charge in [-0.1, -0.05) is 53.7 Å². The van der Waals surface area contributed by atoms with Gasteiger partial charge in [0, 0.05) is 30.3 Å². The lowest BCUT2D eigenvalue weighted by Crippen LogP contribution is -2.26. The normalized spacial score (nSPS) is 18.0. The Morgan fingerprint density at radius 2 is 1.90 bits per heavy atom. The third-order valence-electron chi connectivity index (χ3n) is 7.08. The summed E-state index contributed by atoms with van der Waals surface area (Å²) < 4.78 is 11.8. The molecule has 0 radical (unpaired) electrons. The second kappa shape index (κ2) is 7.92. The number of benzene rings is 1. The molecule has 3 heterocycles. The number of aromatic amines is 1. The Morgan fingerprint density at radius 1 is 1.10 bits per heavy atom. The predicted octanol–water partition coefficient (Wildman–Crippen LogP) is 7.01. The van der Waals surface area contributed by atoms with Gasteiger partial charge in [-0.3, -0.25) is 0 Å². The quantitative estimate of drug-likeness (QED) is 0.457. The molecular formula is C27H37NO2. The van der Waals surface area contributed by atoms with Gasteiger partial charge in [0.25, 0.3) is 0 Å². The first-order valence-electron chi connectivity index (χ1n) is 11.4. The summed E-state index contributed by atoms with van der Waals surface area (Å²) in [5.41, 5.74) is 5.58. The molecule has 1 fully saturated rings. The summed E-state index contributed by atoms with van der Waals surface area (Å²) in [5, 5.41) is 1.29. The largest absolute Gasteiger partial charge is 0.468 e. The second-order valence-corrected chi connectivity index (χ2v) is 10.8. The Kier molecular flexibility index (Phi) is 5.61. The average Bonchev–Trinajstić information content (AvgIpc) is 3.41. The Hall–Kier alpha value is -2.00. The highest BCUT2D eigenvalue weighted by Gasteiger charge is 2.34. The monoisotopic (exact) mass is 407 g/mol. The maximum atomic E-state index is 6.14. The topological polar surface area (TPSA) is 38.2 Å². The fraction of sp³-hybridized carbons (Fsp3) is 0.556. The van der Waals surface area contributed by atoms with Crippen molar-refractivity contribution in [2.45, 2.75) is 72.1 Å². The highest BCUT2D eigenvalue weighted by Crippen LogP contribution is 2.39. The number of nitrogens with one attached hydrogen (secondary N) is 1. The standard InChI is InChI=1S/C27H37NO2/c1-18(2)24-21(8-7-20-9-11-28-25(20)24)15-27(5,6)23-13-19(16-30-23)14-26(3,4)22-10-12-29-17-22/h7-9,11,13,16,18,22,28H,10,12,14-15,17H2,1-6H3. The Morgan fingerprint density at radius 3 is 2.60 bits per heavy atom. The number of aromatic nitrogens is 1. The molecule has 1 unspecified atom stereocenters. The molecule has 1 aliphatic rings. The number of furan rings is 1. The molecule has 3 heteroatoms. The van der Waals surface area contributed by atoms with E-state index >= 15 is 0 Å². The SMILES string of the molecule is CC(C)c1c(CC(C)(C)c2cc(CC(C)(C)C3CCOC3)co2)ccc2cc[nH]c12. The molecule has 0 aliphatic carbocycles. The molecule has 162 valence electrons. The van der Waals surface area contributed by atoms with E-state index in [-0.39, 0.29) is 10.8 Å². The van der Waals surface area contributed by atoms with Gasteiger partial charge >= 0.3 is 0 Å². The van der Waals surface area contributed by atoms with Crippen molar-refractivity contribution in [2.24, 2.45) is 11.3 Å². The van der Waals surface area contributed by atoms with Crippen LogP contribution >= 0.6 is 0 Å². The third-order valence-corrected chi connectivity index (χ3v) is 7.08. The van der Waals surface area contributed by atoms with E-state index in [1.165, 1.54) is 34.0 Å². The summed E-state index contributed by atoms with van der Waals surface area (Å²) in [6.45, 7) is 15.7. The lowest BCUT2D eigenvalue weighted by atomic mass is 9.74. The zero-order valence-electron chi connectivity index (χ0n) is 19.5. The lowest BCUT2D eigenvalue weighted by molar-refractivity contribution is 0.142. The van der Waals surface area contributed by atoms with Crippen LogP contribution in [0.5, 0.6) is 0 Å². The van der Waals surface area contributed by atoms with Crippen LogP contribution in [0.2, 0.25) is 0 Å². The number of rotatable bonds is 7. The number of fused-ring (bicyclic) bond motifs is 1. The lowest BCUT2D eigenvalue weighted by Gasteiger charge is -2.30.